The van der Waals surface area contributed by atoms with Crippen LogP contribution in [-0.2, 0) is 4.74 Å². The van der Waals surface area contributed by atoms with E-state index < -0.39 is 0 Å². The third kappa shape index (κ3) is 1.92. The minimum Gasteiger partial charge on any atom is -0.396 e. The molecule has 11 heavy (non-hydrogen) atoms. The van der Waals surface area contributed by atoms with Crippen molar-refractivity contribution in [3.63, 3.8) is 0 Å². The number of hydrogen-bond acceptors (Lipinski definition) is 3. The maximum Gasteiger partial charge on any atom is 0.0553 e. The first-order valence-electron chi connectivity index (χ1n) is 4.01. The van der Waals surface area contributed by atoms with E-state index in [-0.39, 0.29) is 12.0 Å². The average Bonchev–Trinajstić information content (AvgIpc) is 2.34. The zero-order valence-electron chi connectivity index (χ0n) is 7.34. The van der Waals surface area contributed by atoms with Gasteiger partial charge in [-0.15, -0.1) is 0 Å². The fraction of sp³-hybridized carbons (Fsp3) is 1.00. The summed E-state index contributed by atoms with van der Waals surface area (Å²) in [4.78, 5) is 2.23. The van der Waals surface area contributed by atoms with E-state index in [4.69, 9.17) is 9.84 Å². The molecular formula is C8H17NO2. The maximum absolute atomic E-state index is 9.16. The summed E-state index contributed by atoms with van der Waals surface area (Å²) in [5.41, 5.74) is 0.0174. The van der Waals surface area contributed by atoms with Crippen molar-refractivity contribution in [2.45, 2.75) is 6.42 Å². The largest absolute Gasteiger partial charge is 0.396 e. The molecule has 0 bridgehead atoms. The molecule has 3 heteroatoms. The number of ether oxygens (including phenoxy) is 1. The molecule has 0 aromatic carbocycles. The molecular weight excluding hydrogens is 142 g/mol. The summed E-state index contributed by atoms with van der Waals surface area (Å²) in [7, 11) is 3.77. The van der Waals surface area contributed by atoms with Crippen LogP contribution in [0.5, 0.6) is 0 Å². The first kappa shape index (κ1) is 8.97. The lowest BCUT2D eigenvalue weighted by Crippen LogP contribution is -2.33. The molecule has 1 N–H and O–H groups in total. The maximum atomic E-state index is 9.16. The molecule has 1 heterocycles. The van der Waals surface area contributed by atoms with Gasteiger partial charge >= 0.3 is 0 Å². The molecule has 0 aromatic heterocycles. The predicted molar refractivity (Wildman–Crippen MR) is 43.5 cm³/mol. The Morgan fingerprint density at radius 2 is 2.36 bits per heavy atom. The summed E-state index contributed by atoms with van der Waals surface area (Å²) in [5, 5.41) is 9.16. The van der Waals surface area contributed by atoms with Crippen LogP contribution in [0.2, 0.25) is 0 Å². The lowest BCUT2D eigenvalue weighted by molar-refractivity contribution is 0.0373. The molecule has 0 amide bonds. The summed E-state index contributed by atoms with van der Waals surface area (Å²) >= 11 is 0. The molecule has 1 rings (SSSR count). The Labute approximate surface area is 68.0 Å². The van der Waals surface area contributed by atoms with Crippen LogP contribution in [0.25, 0.3) is 0 Å². The highest BCUT2D eigenvalue weighted by atomic mass is 16.5. The topological polar surface area (TPSA) is 32.7 Å². The number of likely N-dealkylation sites (tertiary alicyclic amines) is 1. The van der Waals surface area contributed by atoms with Gasteiger partial charge in [-0.05, 0) is 20.0 Å². The number of hydrogen-bond donors (Lipinski definition) is 1. The Balaban J connectivity index is 2.48. The molecule has 1 atom stereocenters. The molecule has 3 nitrogen and oxygen atoms in total. The van der Waals surface area contributed by atoms with Crippen LogP contribution in [0.1, 0.15) is 6.42 Å². The summed E-state index contributed by atoms with van der Waals surface area (Å²) in [6.45, 7) is 2.94. The Morgan fingerprint density at radius 1 is 1.64 bits per heavy atom. The highest BCUT2D eigenvalue weighted by Gasteiger charge is 2.35. The number of nitrogens with zero attached hydrogens (tertiary/aromatic N) is 1. The van der Waals surface area contributed by atoms with Crippen molar-refractivity contribution in [3.05, 3.63) is 0 Å². The minimum absolute atomic E-state index is 0.0174. The summed E-state index contributed by atoms with van der Waals surface area (Å²) in [6.07, 6.45) is 1.05. The van der Waals surface area contributed by atoms with Gasteiger partial charge in [-0.2, -0.15) is 0 Å². The Hall–Kier alpha value is -0.120. The lowest BCUT2D eigenvalue weighted by Gasteiger charge is -2.25. The molecule has 1 unspecified atom stereocenters. The van der Waals surface area contributed by atoms with E-state index >= 15 is 0 Å². The highest BCUT2D eigenvalue weighted by Crippen LogP contribution is 2.28. The van der Waals surface area contributed by atoms with Gasteiger partial charge in [-0.25, -0.2) is 0 Å². The molecule has 1 saturated heterocycles. The van der Waals surface area contributed by atoms with E-state index in [2.05, 4.69) is 11.9 Å². The van der Waals surface area contributed by atoms with Crippen LogP contribution in [-0.4, -0.2) is 50.5 Å². The zero-order chi connectivity index (χ0) is 8.32. The smallest absolute Gasteiger partial charge is 0.0553 e. The van der Waals surface area contributed by atoms with Crippen molar-refractivity contribution < 1.29 is 9.84 Å². The third-order valence-electron chi connectivity index (χ3n) is 2.42. The number of methoxy groups -OCH3 is 1. The number of rotatable bonds is 3. The monoisotopic (exact) mass is 159 g/mol. The van der Waals surface area contributed by atoms with E-state index in [1.807, 2.05) is 0 Å². The molecule has 66 valence electrons. The van der Waals surface area contributed by atoms with Gasteiger partial charge in [0.2, 0.25) is 0 Å². The van der Waals surface area contributed by atoms with Crippen molar-refractivity contribution in [1.29, 1.82) is 0 Å². The van der Waals surface area contributed by atoms with Gasteiger partial charge in [-0.3, -0.25) is 0 Å². The standard InChI is InChI=1S/C8H17NO2/c1-9-4-3-8(5-9,6-10)7-11-2/h10H,3-7H2,1-2H3. The molecule has 1 fully saturated rings. The zero-order valence-corrected chi connectivity index (χ0v) is 7.34. The Kier molecular flexibility index (Phi) is 2.87. The average molecular weight is 159 g/mol. The van der Waals surface area contributed by atoms with Gasteiger partial charge in [0.1, 0.15) is 0 Å². The van der Waals surface area contributed by atoms with Crippen LogP contribution in [0, 0.1) is 5.41 Å². The quantitative estimate of drug-likeness (QED) is 0.626. The van der Waals surface area contributed by atoms with Gasteiger partial charge in [-0.1, -0.05) is 0 Å². The van der Waals surface area contributed by atoms with Gasteiger partial charge in [0.05, 0.1) is 13.2 Å². The van der Waals surface area contributed by atoms with Crippen LogP contribution in [0.15, 0.2) is 0 Å². The number of aliphatic hydroxyl groups is 1. The van der Waals surface area contributed by atoms with Crippen LogP contribution < -0.4 is 0 Å². The van der Waals surface area contributed by atoms with E-state index in [1.54, 1.807) is 7.11 Å². The van der Waals surface area contributed by atoms with Crippen LogP contribution in [0.4, 0.5) is 0 Å². The van der Waals surface area contributed by atoms with Crippen LogP contribution >= 0.6 is 0 Å². The summed E-state index contributed by atoms with van der Waals surface area (Å²) in [5.74, 6) is 0. The second kappa shape index (κ2) is 3.52. The van der Waals surface area contributed by atoms with Crippen molar-refractivity contribution in [1.82, 2.24) is 4.90 Å². The Bertz CT molecular complexity index is 125. The number of aliphatic hydroxyl groups excluding tert-OH is 1. The van der Waals surface area contributed by atoms with Gasteiger partial charge < -0.3 is 14.7 Å². The first-order valence-corrected chi connectivity index (χ1v) is 4.01. The van der Waals surface area contributed by atoms with Gasteiger partial charge in [0.15, 0.2) is 0 Å². The van der Waals surface area contributed by atoms with E-state index in [0.29, 0.717) is 6.61 Å². The molecule has 0 aliphatic carbocycles. The van der Waals surface area contributed by atoms with Crippen LogP contribution in [0.3, 0.4) is 0 Å². The molecule has 0 spiro atoms. The lowest BCUT2D eigenvalue weighted by atomic mass is 9.89. The van der Waals surface area contributed by atoms with Gasteiger partial charge in [0, 0.05) is 19.1 Å². The molecule has 0 aromatic rings. The first-order chi connectivity index (χ1) is 5.22. The second-order valence-electron chi connectivity index (χ2n) is 3.58. The van der Waals surface area contributed by atoms with E-state index in [0.717, 1.165) is 19.5 Å². The van der Waals surface area contributed by atoms with Crippen molar-refractivity contribution in [3.8, 4) is 0 Å². The SMILES string of the molecule is COCC1(CO)CCN(C)C1. The molecule has 1 aliphatic rings. The Morgan fingerprint density at radius 3 is 2.73 bits per heavy atom. The summed E-state index contributed by atoms with van der Waals surface area (Å²) < 4.78 is 5.08. The predicted octanol–water partition coefficient (Wildman–Crippen LogP) is -0.0530. The van der Waals surface area contributed by atoms with Crippen molar-refractivity contribution >= 4 is 0 Å². The highest BCUT2D eigenvalue weighted by molar-refractivity contribution is 4.87. The molecule has 0 saturated carbocycles. The minimum atomic E-state index is 0.0174. The third-order valence-corrected chi connectivity index (χ3v) is 2.42. The van der Waals surface area contributed by atoms with E-state index in [9.17, 15) is 0 Å². The van der Waals surface area contributed by atoms with E-state index in [1.165, 1.54) is 0 Å². The molecule has 0 radical (unpaired) electrons. The summed E-state index contributed by atoms with van der Waals surface area (Å²) in [6, 6.07) is 0. The fourth-order valence-corrected chi connectivity index (χ4v) is 1.76. The van der Waals surface area contributed by atoms with Gasteiger partial charge in [0.25, 0.3) is 0 Å². The molecule has 1 aliphatic heterocycles. The van der Waals surface area contributed by atoms with Crippen molar-refractivity contribution in [2.24, 2.45) is 5.41 Å². The second-order valence-corrected chi connectivity index (χ2v) is 3.58. The fourth-order valence-electron chi connectivity index (χ4n) is 1.76. The normalized spacial score (nSPS) is 33.0. The van der Waals surface area contributed by atoms with Crippen molar-refractivity contribution in [2.75, 3.05) is 40.5 Å².